The van der Waals surface area contributed by atoms with Crippen LogP contribution in [-0.2, 0) is 11.3 Å². The second kappa shape index (κ2) is 6.00. The lowest BCUT2D eigenvalue weighted by Crippen LogP contribution is -2.10. The summed E-state index contributed by atoms with van der Waals surface area (Å²) >= 11 is 0. The van der Waals surface area contributed by atoms with E-state index in [0.29, 0.717) is 18.5 Å². The molecule has 0 aromatic carbocycles. The molecule has 0 aliphatic heterocycles. The van der Waals surface area contributed by atoms with Gasteiger partial charge in [0.05, 0.1) is 0 Å². The summed E-state index contributed by atoms with van der Waals surface area (Å²) in [5.74, 6) is 3.24. The second-order valence-electron chi connectivity index (χ2n) is 4.77. The Hall–Kier alpha value is -1.36. The summed E-state index contributed by atoms with van der Waals surface area (Å²) in [7, 11) is 3.51. The molecule has 5 nitrogen and oxygen atoms in total. The Morgan fingerprint density at radius 3 is 2.83 bits per heavy atom. The van der Waals surface area contributed by atoms with Crippen molar-refractivity contribution in [3.8, 4) is 0 Å². The Balaban J connectivity index is 2.01. The number of hydrogen-bond donors (Lipinski definition) is 2. The minimum Gasteiger partial charge on any atom is -0.377 e. The van der Waals surface area contributed by atoms with Crippen LogP contribution in [0.1, 0.15) is 32.0 Å². The number of aromatic nitrogens is 2. The highest BCUT2D eigenvalue weighted by Crippen LogP contribution is 2.37. The number of anilines is 2. The second-order valence-corrected chi connectivity index (χ2v) is 4.77. The van der Waals surface area contributed by atoms with Crippen molar-refractivity contribution in [1.82, 2.24) is 9.97 Å². The molecule has 2 unspecified atom stereocenters. The number of ether oxygens (including phenoxy) is 1. The smallest absolute Gasteiger partial charge is 0.158 e. The Kier molecular flexibility index (Phi) is 4.36. The minimum absolute atomic E-state index is 0.438. The molecule has 0 saturated heterocycles. The molecule has 1 aliphatic rings. The molecular formula is C13H22N4O. The Labute approximate surface area is 108 Å². The Morgan fingerprint density at radius 2 is 2.17 bits per heavy atom. The lowest BCUT2D eigenvalue weighted by atomic mass is 10.2. The lowest BCUT2D eigenvalue weighted by molar-refractivity contribution is 0.178. The summed E-state index contributed by atoms with van der Waals surface area (Å²) in [6.45, 7) is 2.67. The standard InChI is InChI=1S/C13H22N4O/c1-4-5-9-6-10(9)15-12-7-11(14-2)16-13(17-12)8-18-3/h7,9-10H,4-6,8H2,1-3H3,(H2,14,15,16,17). The van der Waals surface area contributed by atoms with Crippen molar-refractivity contribution in [3.05, 3.63) is 11.9 Å². The van der Waals surface area contributed by atoms with E-state index in [0.717, 1.165) is 17.6 Å². The first-order valence-corrected chi connectivity index (χ1v) is 6.58. The van der Waals surface area contributed by atoms with Gasteiger partial charge in [-0.2, -0.15) is 0 Å². The van der Waals surface area contributed by atoms with Gasteiger partial charge in [-0.25, -0.2) is 9.97 Å². The van der Waals surface area contributed by atoms with Crippen LogP contribution < -0.4 is 10.6 Å². The molecule has 1 aliphatic carbocycles. The number of hydrogen-bond acceptors (Lipinski definition) is 5. The van der Waals surface area contributed by atoms with Crippen LogP contribution in [0, 0.1) is 5.92 Å². The number of rotatable bonds is 7. The van der Waals surface area contributed by atoms with Crippen LogP contribution in [0.3, 0.4) is 0 Å². The summed E-state index contributed by atoms with van der Waals surface area (Å²) in [5.41, 5.74) is 0. The molecule has 2 N–H and O–H groups in total. The van der Waals surface area contributed by atoms with E-state index < -0.39 is 0 Å². The molecule has 1 saturated carbocycles. The van der Waals surface area contributed by atoms with E-state index >= 15 is 0 Å². The van der Waals surface area contributed by atoms with Crippen LogP contribution >= 0.6 is 0 Å². The lowest BCUT2D eigenvalue weighted by Gasteiger charge is -2.09. The molecule has 18 heavy (non-hydrogen) atoms. The summed E-state index contributed by atoms with van der Waals surface area (Å²) in [5, 5.41) is 6.53. The fourth-order valence-electron chi connectivity index (χ4n) is 2.20. The van der Waals surface area contributed by atoms with Crippen LogP contribution in [0.5, 0.6) is 0 Å². The van der Waals surface area contributed by atoms with E-state index in [2.05, 4.69) is 27.5 Å². The molecule has 0 amide bonds. The highest BCUT2D eigenvalue weighted by Gasteiger charge is 2.36. The topological polar surface area (TPSA) is 59.1 Å². The SMILES string of the molecule is CCCC1CC1Nc1cc(NC)nc(COC)n1. The molecule has 0 spiro atoms. The van der Waals surface area contributed by atoms with Crippen molar-refractivity contribution in [2.24, 2.45) is 5.92 Å². The number of nitrogens with one attached hydrogen (secondary N) is 2. The molecule has 1 fully saturated rings. The first-order chi connectivity index (χ1) is 8.76. The third-order valence-electron chi connectivity index (χ3n) is 3.22. The van der Waals surface area contributed by atoms with Crippen LogP contribution in [0.2, 0.25) is 0 Å². The van der Waals surface area contributed by atoms with Gasteiger partial charge in [0.2, 0.25) is 0 Å². The average Bonchev–Trinajstić information content (AvgIpc) is 3.08. The maximum absolute atomic E-state index is 5.08. The molecule has 1 heterocycles. The largest absolute Gasteiger partial charge is 0.377 e. The van der Waals surface area contributed by atoms with Gasteiger partial charge >= 0.3 is 0 Å². The van der Waals surface area contributed by atoms with Crippen LogP contribution in [0.4, 0.5) is 11.6 Å². The van der Waals surface area contributed by atoms with Gasteiger partial charge in [-0.15, -0.1) is 0 Å². The van der Waals surface area contributed by atoms with Crippen molar-refractivity contribution in [3.63, 3.8) is 0 Å². The summed E-state index contributed by atoms with van der Waals surface area (Å²) in [4.78, 5) is 8.80. The van der Waals surface area contributed by atoms with Crippen molar-refractivity contribution in [1.29, 1.82) is 0 Å². The molecule has 2 rings (SSSR count). The first-order valence-electron chi connectivity index (χ1n) is 6.58. The highest BCUT2D eigenvalue weighted by atomic mass is 16.5. The minimum atomic E-state index is 0.438. The Morgan fingerprint density at radius 1 is 1.39 bits per heavy atom. The summed E-state index contributed by atoms with van der Waals surface area (Å²) in [6, 6.07) is 2.53. The fraction of sp³-hybridized carbons (Fsp3) is 0.692. The van der Waals surface area contributed by atoms with E-state index in [1.165, 1.54) is 19.3 Å². The summed E-state index contributed by atoms with van der Waals surface area (Å²) < 4.78 is 5.08. The predicted molar refractivity (Wildman–Crippen MR) is 72.7 cm³/mol. The normalized spacial score (nSPS) is 21.7. The van der Waals surface area contributed by atoms with E-state index in [1.54, 1.807) is 7.11 Å². The van der Waals surface area contributed by atoms with Crippen molar-refractivity contribution >= 4 is 11.6 Å². The molecule has 1 aromatic rings. The third kappa shape index (κ3) is 3.32. The number of nitrogens with zero attached hydrogens (tertiary/aromatic N) is 2. The first kappa shape index (κ1) is 13.1. The van der Waals surface area contributed by atoms with Gasteiger partial charge < -0.3 is 15.4 Å². The molecule has 0 bridgehead atoms. The monoisotopic (exact) mass is 250 g/mol. The number of methoxy groups -OCH3 is 1. The van der Waals surface area contributed by atoms with Crippen molar-refractivity contribution in [2.45, 2.75) is 38.8 Å². The molecule has 100 valence electrons. The predicted octanol–water partition coefficient (Wildman–Crippen LogP) is 2.27. The third-order valence-corrected chi connectivity index (χ3v) is 3.22. The van der Waals surface area contributed by atoms with Gasteiger partial charge in [0, 0.05) is 26.3 Å². The Bertz CT molecular complexity index is 397. The van der Waals surface area contributed by atoms with E-state index in [1.807, 2.05) is 13.1 Å². The van der Waals surface area contributed by atoms with Crippen molar-refractivity contribution in [2.75, 3.05) is 24.8 Å². The van der Waals surface area contributed by atoms with E-state index in [4.69, 9.17) is 4.74 Å². The maximum atomic E-state index is 5.08. The zero-order chi connectivity index (χ0) is 13.0. The quantitative estimate of drug-likeness (QED) is 0.777. The molecule has 5 heteroatoms. The molecule has 1 aromatic heterocycles. The highest BCUT2D eigenvalue weighted by molar-refractivity contribution is 5.48. The molecular weight excluding hydrogens is 228 g/mol. The molecule has 2 atom stereocenters. The van der Waals surface area contributed by atoms with E-state index in [-0.39, 0.29) is 0 Å². The zero-order valence-corrected chi connectivity index (χ0v) is 11.4. The average molecular weight is 250 g/mol. The van der Waals surface area contributed by atoms with Gasteiger partial charge in [0.1, 0.15) is 18.2 Å². The van der Waals surface area contributed by atoms with Gasteiger partial charge in [-0.3, -0.25) is 0 Å². The molecule has 0 radical (unpaired) electrons. The fourth-order valence-corrected chi connectivity index (χ4v) is 2.20. The van der Waals surface area contributed by atoms with Crippen LogP contribution in [0.25, 0.3) is 0 Å². The van der Waals surface area contributed by atoms with Crippen molar-refractivity contribution < 1.29 is 4.74 Å². The van der Waals surface area contributed by atoms with Gasteiger partial charge in [-0.05, 0) is 18.8 Å². The van der Waals surface area contributed by atoms with E-state index in [9.17, 15) is 0 Å². The maximum Gasteiger partial charge on any atom is 0.158 e. The van der Waals surface area contributed by atoms with Gasteiger partial charge in [0.25, 0.3) is 0 Å². The zero-order valence-electron chi connectivity index (χ0n) is 11.4. The summed E-state index contributed by atoms with van der Waals surface area (Å²) in [6.07, 6.45) is 3.81. The van der Waals surface area contributed by atoms with Crippen LogP contribution in [0.15, 0.2) is 6.07 Å². The van der Waals surface area contributed by atoms with Gasteiger partial charge in [0.15, 0.2) is 5.82 Å². The van der Waals surface area contributed by atoms with Crippen LogP contribution in [-0.4, -0.2) is 30.2 Å². The van der Waals surface area contributed by atoms with Gasteiger partial charge in [-0.1, -0.05) is 13.3 Å².